The fourth-order valence-electron chi connectivity index (χ4n) is 1.69. The lowest BCUT2D eigenvalue weighted by molar-refractivity contribution is 0.340. The topological polar surface area (TPSA) is 64.1 Å². The standard InChI is InChI=1S/C13H13ClN2O3/c1-3-19-10-6-4-9(5-7-10)16-12(17)8(2)11(14)15-13(16)18/h4-7H,3H2,1-2H3,(H,15,18). The van der Waals surface area contributed by atoms with Crippen LogP contribution in [0.2, 0.25) is 5.15 Å². The molecule has 0 aliphatic carbocycles. The van der Waals surface area contributed by atoms with E-state index < -0.39 is 11.2 Å². The van der Waals surface area contributed by atoms with Gasteiger partial charge >= 0.3 is 5.69 Å². The lowest BCUT2D eigenvalue weighted by atomic mass is 10.3. The van der Waals surface area contributed by atoms with Crippen molar-refractivity contribution in [2.45, 2.75) is 13.8 Å². The fourth-order valence-corrected chi connectivity index (χ4v) is 1.85. The Morgan fingerprint density at radius 2 is 1.89 bits per heavy atom. The number of nitrogens with one attached hydrogen (secondary N) is 1. The van der Waals surface area contributed by atoms with E-state index >= 15 is 0 Å². The Morgan fingerprint density at radius 1 is 1.26 bits per heavy atom. The van der Waals surface area contributed by atoms with E-state index in [2.05, 4.69) is 4.98 Å². The summed E-state index contributed by atoms with van der Waals surface area (Å²) in [7, 11) is 0. The quantitative estimate of drug-likeness (QED) is 0.873. The summed E-state index contributed by atoms with van der Waals surface area (Å²) in [6, 6.07) is 6.70. The predicted octanol–water partition coefficient (Wildman–Crippen LogP) is 1.89. The highest BCUT2D eigenvalue weighted by Gasteiger charge is 2.10. The molecule has 0 saturated heterocycles. The molecule has 0 saturated carbocycles. The van der Waals surface area contributed by atoms with Crippen molar-refractivity contribution in [1.82, 2.24) is 9.55 Å². The molecule has 2 rings (SSSR count). The Morgan fingerprint density at radius 3 is 2.47 bits per heavy atom. The maximum absolute atomic E-state index is 12.0. The molecule has 0 fully saturated rings. The Bertz CT molecular complexity index is 701. The maximum atomic E-state index is 12.0. The van der Waals surface area contributed by atoms with E-state index in [0.717, 1.165) is 4.57 Å². The van der Waals surface area contributed by atoms with Gasteiger partial charge in [-0.3, -0.25) is 9.78 Å². The van der Waals surface area contributed by atoms with Crippen molar-refractivity contribution in [2.24, 2.45) is 0 Å². The van der Waals surface area contributed by atoms with Gasteiger partial charge in [-0.25, -0.2) is 9.36 Å². The Labute approximate surface area is 114 Å². The highest BCUT2D eigenvalue weighted by Crippen LogP contribution is 2.14. The average molecular weight is 281 g/mol. The summed E-state index contributed by atoms with van der Waals surface area (Å²) in [4.78, 5) is 26.3. The predicted molar refractivity (Wildman–Crippen MR) is 73.6 cm³/mol. The van der Waals surface area contributed by atoms with Crippen molar-refractivity contribution in [3.8, 4) is 11.4 Å². The monoisotopic (exact) mass is 280 g/mol. The highest BCUT2D eigenvalue weighted by atomic mass is 35.5. The van der Waals surface area contributed by atoms with Gasteiger partial charge in [0.25, 0.3) is 5.56 Å². The number of nitrogens with zero attached hydrogens (tertiary/aromatic N) is 1. The Balaban J connectivity index is 2.56. The van der Waals surface area contributed by atoms with Crippen LogP contribution in [-0.4, -0.2) is 16.2 Å². The zero-order chi connectivity index (χ0) is 14.0. The molecule has 0 amide bonds. The third-order valence-electron chi connectivity index (χ3n) is 2.68. The molecule has 100 valence electrons. The molecule has 0 unspecified atom stereocenters. The van der Waals surface area contributed by atoms with Crippen LogP contribution < -0.4 is 16.0 Å². The van der Waals surface area contributed by atoms with Gasteiger partial charge in [0, 0.05) is 0 Å². The number of halogens is 1. The Kier molecular flexibility index (Phi) is 3.76. The molecule has 6 heteroatoms. The molecule has 0 aliphatic rings. The van der Waals surface area contributed by atoms with Crippen LogP contribution in [-0.2, 0) is 0 Å². The molecule has 1 aromatic carbocycles. The van der Waals surface area contributed by atoms with Crippen molar-refractivity contribution >= 4 is 11.6 Å². The molecule has 1 N–H and O–H groups in total. The van der Waals surface area contributed by atoms with Crippen LogP contribution >= 0.6 is 11.6 Å². The number of H-pyrrole nitrogens is 1. The summed E-state index contributed by atoms with van der Waals surface area (Å²) in [5.74, 6) is 0.682. The molecular formula is C13H13ClN2O3. The van der Waals surface area contributed by atoms with E-state index in [1.807, 2.05) is 6.92 Å². The van der Waals surface area contributed by atoms with Crippen LogP contribution in [0.15, 0.2) is 33.9 Å². The summed E-state index contributed by atoms with van der Waals surface area (Å²) in [6.07, 6.45) is 0. The van der Waals surface area contributed by atoms with Crippen LogP contribution in [0.5, 0.6) is 5.75 Å². The second-order valence-corrected chi connectivity index (χ2v) is 4.31. The zero-order valence-corrected chi connectivity index (χ0v) is 11.3. The van der Waals surface area contributed by atoms with Gasteiger partial charge < -0.3 is 4.74 Å². The number of benzene rings is 1. The van der Waals surface area contributed by atoms with Crippen LogP contribution in [0.3, 0.4) is 0 Å². The van der Waals surface area contributed by atoms with Gasteiger partial charge in [-0.05, 0) is 38.1 Å². The van der Waals surface area contributed by atoms with Gasteiger partial charge in [-0.2, -0.15) is 0 Å². The van der Waals surface area contributed by atoms with Gasteiger partial charge in [0.05, 0.1) is 17.9 Å². The summed E-state index contributed by atoms with van der Waals surface area (Å²) in [5, 5.41) is 0.0668. The van der Waals surface area contributed by atoms with Gasteiger partial charge in [0.15, 0.2) is 0 Å². The third kappa shape index (κ3) is 2.56. The van der Waals surface area contributed by atoms with Crippen LogP contribution in [0.4, 0.5) is 0 Å². The van der Waals surface area contributed by atoms with Crippen molar-refractivity contribution in [2.75, 3.05) is 6.61 Å². The molecule has 2 aromatic rings. The van der Waals surface area contributed by atoms with Crippen LogP contribution in [0, 0.1) is 6.92 Å². The van der Waals surface area contributed by atoms with Gasteiger partial charge in [-0.1, -0.05) is 11.6 Å². The van der Waals surface area contributed by atoms with E-state index in [0.29, 0.717) is 23.6 Å². The SMILES string of the molecule is CCOc1ccc(-n2c(=O)[nH]c(Cl)c(C)c2=O)cc1. The number of aromatic amines is 1. The molecule has 19 heavy (non-hydrogen) atoms. The fraction of sp³-hybridized carbons (Fsp3) is 0.231. The van der Waals surface area contributed by atoms with Gasteiger partial charge in [0.1, 0.15) is 10.9 Å². The van der Waals surface area contributed by atoms with E-state index in [4.69, 9.17) is 16.3 Å². The molecule has 0 spiro atoms. The Hall–Kier alpha value is -2.01. The van der Waals surface area contributed by atoms with E-state index in [-0.39, 0.29) is 5.15 Å². The number of rotatable bonds is 3. The van der Waals surface area contributed by atoms with Crippen molar-refractivity contribution in [3.63, 3.8) is 0 Å². The van der Waals surface area contributed by atoms with E-state index in [9.17, 15) is 9.59 Å². The van der Waals surface area contributed by atoms with Gasteiger partial charge in [0.2, 0.25) is 0 Å². The normalized spacial score (nSPS) is 10.5. The molecule has 0 atom stereocenters. The second kappa shape index (κ2) is 5.32. The second-order valence-electron chi connectivity index (χ2n) is 3.94. The summed E-state index contributed by atoms with van der Waals surface area (Å²) >= 11 is 5.76. The first kappa shape index (κ1) is 13.4. The first-order chi connectivity index (χ1) is 9.04. The lowest BCUT2D eigenvalue weighted by Crippen LogP contribution is -2.35. The third-order valence-corrected chi connectivity index (χ3v) is 3.06. The molecule has 1 aromatic heterocycles. The molecular weight excluding hydrogens is 268 g/mol. The molecule has 0 bridgehead atoms. The minimum Gasteiger partial charge on any atom is -0.494 e. The first-order valence-corrected chi connectivity index (χ1v) is 6.17. The molecule has 5 nitrogen and oxygen atoms in total. The molecule has 1 heterocycles. The van der Waals surface area contributed by atoms with Crippen molar-refractivity contribution in [3.05, 3.63) is 55.8 Å². The van der Waals surface area contributed by atoms with Crippen molar-refractivity contribution < 1.29 is 4.74 Å². The number of aromatic nitrogens is 2. The summed E-state index contributed by atoms with van der Waals surface area (Å²) in [6.45, 7) is 4.00. The highest BCUT2D eigenvalue weighted by molar-refractivity contribution is 6.30. The first-order valence-electron chi connectivity index (χ1n) is 5.79. The minimum absolute atomic E-state index is 0.0668. The molecule has 0 radical (unpaired) electrons. The number of hydrogen-bond donors (Lipinski definition) is 1. The lowest BCUT2D eigenvalue weighted by Gasteiger charge is -2.08. The van der Waals surface area contributed by atoms with Crippen LogP contribution in [0.25, 0.3) is 5.69 Å². The average Bonchev–Trinajstić information content (AvgIpc) is 2.38. The smallest absolute Gasteiger partial charge is 0.334 e. The largest absolute Gasteiger partial charge is 0.494 e. The maximum Gasteiger partial charge on any atom is 0.334 e. The van der Waals surface area contributed by atoms with Crippen LogP contribution in [0.1, 0.15) is 12.5 Å². The van der Waals surface area contributed by atoms with E-state index in [1.165, 1.54) is 0 Å². The van der Waals surface area contributed by atoms with Gasteiger partial charge in [-0.15, -0.1) is 0 Å². The molecule has 0 aliphatic heterocycles. The zero-order valence-electron chi connectivity index (χ0n) is 10.6. The summed E-state index contributed by atoms with van der Waals surface area (Å²) < 4.78 is 6.34. The number of ether oxygens (including phenoxy) is 1. The number of hydrogen-bond acceptors (Lipinski definition) is 3. The minimum atomic E-state index is -0.565. The summed E-state index contributed by atoms with van der Waals surface area (Å²) in [5.41, 5.74) is -0.229. The van der Waals surface area contributed by atoms with Crippen molar-refractivity contribution in [1.29, 1.82) is 0 Å². The van der Waals surface area contributed by atoms with E-state index in [1.54, 1.807) is 31.2 Å².